The molecule has 2 heterocycles. The molecular weight excluding hydrogens is 338 g/mol. The van der Waals surface area contributed by atoms with Gasteiger partial charge in [-0.05, 0) is 6.92 Å². The lowest BCUT2D eigenvalue weighted by Gasteiger charge is -2.27. The highest BCUT2D eigenvalue weighted by Crippen LogP contribution is 2.37. The minimum absolute atomic E-state index is 0.166. The van der Waals surface area contributed by atoms with Crippen LogP contribution < -0.4 is 16.6 Å². The summed E-state index contributed by atoms with van der Waals surface area (Å²) in [5.74, 6) is -1.64. The van der Waals surface area contributed by atoms with Gasteiger partial charge in [0, 0.05) is 18.7 Å². The average Bonchev–Trinajstić information content (AvgIpc) is 2.83. The fraction of sp³-hybridized carbons (Fsp3) is 0.571. The van der Waals surface area contributed by atoms with Crippen molar-refractivity contribution in [3.05, 3.63) is 32.6 Å². The van der Waals surface area contributed by atoms with Crippen molar-refractivity contribution >= 4 is 11.9 Å². The smallest absolute Gasteiger partial charge is 0.343 e. The highest BCUT2D eigenvalue weighted by Gasteiger charge is 2.61. The predicted molar refractivity (Wildman–Crippen MR) is 81.6 cm³/mol. The average molecular weight is 357 g/mol. The number of hydrogen-bond donors (Lipinski definition) is 4. The number of amides is 1. The molecule has 1 aliphatic heterocycles. The maximum atomic E-state index is 12.1. The van der Waals surface area contributed by atoms with Crippen LogP contribution in [0.25, 0.3) is 0 Å². The van der Waals surface area contributed by atoms with E-state index in [1.165, 1.54) is 13.8 Å². The zero-order valence-corrected chi connectivity index (χ0v) is 13.8. The first-order valence-electron chi connectivity index (χ1n) is 7.32. The Hall–Kier alpha value is -2.50. The Bertz CT molecular complexity index is 800. The van der Waals surface area contributed by atoms with E-state index in [9.17, 15) is 29.4 Å². The molecule has 138 valence electrons. The Labute approximate surface area is 141 Å². The minimum Gasteiger partial charge on any atom is -0.467 e. The number of rotatable bonds is 4. The van der Waals surface area contributed by atoms with E-state index in [0.29, 0.717) is 0 Å². The first kappa shape index (κ1) is 18.8. The van der Waals surface area contributed by atoms with Crippen molar-refractivity contribution in [1.29, 1.82) is 0 Å². The van der Waals surface area contributed by atoms with Crippen LogP contribution in [-0.2, 0) is 19.1 Å². The van der Waals surface area contributed by atoms with Crippen LogP contribution in [0.15, 0.2) is 15.8 Å². The van der Waals surface area contributed by atoms with Gasteiger partial charge in [-0.15, -0.1) is 0 Å². The molecule has 0 saturated carbocycles. The van der Waals surface area contributed by atoms with Crippen LogP contribution in [0.2, 0.25) is 0 Å². The third kappa shape index (κ3) is 3.08. The predicted octanol–water partition coefficient (Wildman–Crippen LogP) is -2.86. The molecule has 1 fully saturated rings. The topological polar surface area (TPSA) is 160 Å². The lowest BCUT2D eigenvalue weighted by atomic mass is 9.94. The minimum atomic E-state index is -2.20. The summed E-state index contributed by atoms with van der Waals surface area (Å²) in [6.45, 7) is 1.65. The fourth-order valence-corrected chi connectivity index (χ4v) is 2.73. The standard InChI is InChI=1S/C14H19N3O8/c1-6-4-17(13(23)16-10(6)21)11-8(15-7(2)19)9(20)14(5-18,25-11)12(22)24-3/h4,8-9,11,18,20H,5H2,1-3H3,(H,15,19)(H,16,21,23)/t8-,9+,11-,14-/m1/s1. The van der Waals surface area contributed by atoms with Crippen molar-refractivity contribution in [2.24, 2.45) is 0 Å². The van der Waals surface area contributed by atoms with Gasteiger partial charge in [0.15, 0.2) is 6.23 Å². The summed E-state index contributed by atoms with van der Waals surface area (Å²) < 4.78 is 11.0. The van der Waals surface area contributed by atoms with Crippen molar-refractivity contribution in [3.8, 4) is 0 Å². The van der Waals surface area contributed by atoms with E-state index in [1.54, 1.807) is 0 Å². The number of aromatic amines is 1. The number of methoxy groups -OCH3 is 1. The van der Waals surface area contributed by atoms with Gasteiger partial charge in [0.05, 0.1) is 13.7 Å². The second kappa shape index (κ2) is 6.78. The molecular formula is C14H19N3O8. The van der Waals surface area contributed by atoms with Crippen molar-refractivity contribution in [3.63, 3.8) is 0 Å². The SMILES string of the molecule is COC(=O)[C@]1(CO)O[C@@H](n2cc(C)c(=O)[nH]c2=O)[C@H](NC(C)=O)[C@@H]1O. The number of esters is 1. The zero-order chi connectivity index (χ0) is 18.9. The van der Waals surface area contributed by atoms with E-state index in [-0.39, 0.29) is 5.56 Å². The van der Waals surface area contributed by atoms with Crippen LogP contribution >= 0.6 is 0 Å². The van der Waals surface area contributed by atoms with Crippen LogP contribution in [0, 0.1) is 6.92 Å². The maximum Gasteiger partial charge on any atom is 0.343 e. The van der Waals surface area contributed by atoms with Gasteiger partial charge in [-0.1, -0.05) is 0 Å². The molecule has 0 bridgehead atoms. The first-order chi connectivity index (χ1) is 11.7. The number of nitrogens with one attached hydrogen (secondary N) is 2. The molecule has 0 aliphatic carbocycles. The van der Waals surface area contributed by atoms with Crippen molar-refractivity contribution in [1.82, 2.24) is 14.9 Å². The van der Waals surface area contributed by atoms with E-state index < -0.39 is 53.7 Å². The van der Waals surface area contributed by atoms with Crippen LogP contribution in [0.1, 0.15) is 18.7 Å². The van der Waals surface area contributed by atoms with Crippen LogP contribution in [0.3, 0.4) is 0 Å². The highest BCUT2D eigenvalue weighted by atomic mass is 16.6. The number of nitrogens with zero attached hydrogens (tertiary/aromatic N) is 1. The summed E-state index contributed by atoms with van der Waals surface area (Å²) in [4.78, 5) is 49.2. The Morgan fingerprint density at radius 3 is 2.64 bits per heavy atom. The van der Waals surface area contributed by atoms with Crippen LogP contribution in [-0.4, -0.2) is 63.1 Å². The third-order valence-corrected chi connectivity index (χ3v) is 4.01. The molecule has 1 aromatic rings. The number of aliphatic hydroxyl groups is 2. The number of aryl methyl sites for hydroxylation is 1. The lowest BCUT2D eigenvalue weighted by molar-refractivity contribution is -0.187. The van der Waals surface area contributed by atoms with Crippen molar-refractivity contribution < 1.29 is 29.3 Å². The Balaban J connectivity index is 2.60. The summed E-state index contributed by atoms with van der Waals surface area (Å²) in [5, 5.41) is 22.5. The summed E-state index contributed by atoms with van der Waals surface area (Å²) in [6.07, 6.45) is -1.91. The van der Waals surface area contributed by atoms with Gasteiger partial charge in [-0.3, -0.25) is 19.1 Å². The summed E-state index contributed by atoms with van der Waals surface area (Å²) in [6, 6.07) is -1.26. The number of carbonyl (C=O) groups excluding carboxylic acids is 2. The molecule has 25 heavy (non-hydrogen) atoms. The van der Waals surface area contributed by atoms with Gasteiger partial charge in [0.1, 0.15) is 12.1 Å². The first-order valence-corrected chi connectivity index (χ1v) is 7.32. The van der Waals surface area contributed by atoms with E-state index in [1.807, 2.05) is 0 Å². The zero-order valence-electron chi connectivity index (χ0n) is 13.8. The van der Waals surface area contributed by atoms with Gasteiger partial charge in [-0.2, -0.15) is 0 Å². The molecule has 4 atom stereocenters. The molecule has 1 aliphatic rings. The number of hydrogen-bond acceptors (Lipinski definition) is 8. The number of aliphatic hydroxyl groups excluding tert-OH is 2. The molecule has 0 unspecified atom stereocenters. The summed E-state index contributed by atoms with van der Waals surface area (Å²) >= 11 is 0. The molecule has 11 heteroatoms. The maximum absolute atomic E-state index is 12.1. The normalized spacial score (nSPS) is 28.6. The molecule has 1 amide bonds. The van der Waals surface area contributed by atoms with Crippen LogP contribution in [0.4, 0.5) is 0 Å². The van der Waals surface area contributed by atoms with E-state index in [4.69, 9.17) is 4.74 Å². The van der Waals surface area contributed by atoms with Gasteiger partial charge in [0.2, 0.25) is 11.5 Å². The molecule has 4 N–H and O–H groups in total. The van der Waals surface area contributed by atoms with Gasteiger partial charge >= 0.3 is 11.7 Å². The number of H-pyrrole nitrogens is 1. The lowest BCUT2D eigenvalue weighted by Crippen LogP contribution is -2.56. The highest BCUT2D eigenvalue weighted by molar-refractivity contribution is 5.82. The summed E-state index contributed by atoms with van der Waals surface area (Å²) in [5.41, 5.74) is -3.52. The monoisotopic (exact) mass is 357 g/mol. The Kier molecular flexibility index (Phi) is 5.11. The fourth-order valence-electron chi connectivity index (χ4n) is 2.73. The molecule has 11 nitrogen and oxygen atoms in total. The van der Waals surface area contributed by atoms with Gasteiger partial charge < -0.3 is 25.0 Å². The van der Waals surface area contributed by atoms with Gasteiger partial charge in [0.25, 0.3) is 5.56 Å². The quantitative estimate of drug-likeness (QED) is 0.419. The number of aromatic nitrogens is 2. The molecule has 0 aromatic carbocycles. The Morgan fingerprint density at radius 1 is 1.48 bits per heavy atom. The van der Waals surface area contributed by atoms with Crippen molar-refractivity contribution in [2.75, 3.05) is 13.7 Å². The molecule has 0 spiro atoms. The molecule has 0 radical (unpaired) electrons. The van der Waals surface area contributed by atoms with Crippen LogP contribution in [0.5, 0.6) is 0 Å². The molecule has 1 aromatic heterocycles. The third-order valence-electron chi connectivity index (χ3n) is 4.01. The van der Waals surface area contributed by atoms with E-state index in [2.05, 4.69) is 15.0 Å². The van der Waals surface area contributed by atoms with Crippen molar-refractivity contribution in [2.45, 2.75) is 37.8 Å². The van der Waals surface area contributed by atoms with E-state index >= 15 is 0 Å². The largest absolute Gasteiger partial charge is 0.467 e. The molecule has 1 saturated heterocycles. The van der Waals surface area contributed by atoms with Gasteiger partial charge in [-0.25, -0.2) is 9.59 Å². The second-order valence-corrected chi connectivity index (χ2v) is 5.70. The number of ether oxygens (including phenoxy) is 2. The molecule has 2 rings (SSSR count). The summed E-state index contributed by atoms with van der Waals surface area (Å²) in [7, 11) is 1.03. The van der Waals surface area contributed by atoms with E-state index in [0.717, 1.165) is 17.9 Å². The second-order valence-electron chi connectivity index (χ2n) is 5.70. The Morgan fingerprint density at radius 2 is 2.12 bits per heavy atom. The number of carbonyl (C=O) groups is 2.